The second kappa shape index (κ2) is 5.53. The third-order valence-corrected chi connectivity index (χ3v) is 3.93. The molecule has 5 heteroatoms. The van der Waals surface area contributed by atoms with Crippen LogP contribution in [0.4, 0.5) is 0 Å². The van der Waals surface area contributed by atoms with Gasteiger partial charge >= 0.3 is 0 Å². The lowest BCUT2D eigenvalue weighted by Crippen LogP contribution is -2.31. The van der Waals surface area contributed by atoms with Crippen LogP contribution in [-0.4, -0.2) is 31.5 Å². The number of nitrogens with zero attached hydrogens (tertiary/aromatic N) is 4. The molecule has 0 saturated carbocycles. The number of aryl methyl sites for hydroxylation is 2. The monoisotopic (exact) mass is 274 g/mol. The molecule has 0 aromatic carbocycles. The van der Waals surface area contributed by atoms with Crippen molar-refractivity contribution in [3.05, 3.63) is 41.2 Å². The smallest absolute Gasteiger partial charge is 0.256 e. The van der Waals surface area contributed by atoms with Crippen LogP contribution in [0, 0.1) is 13.8 Å². The molecule has 2 aromatic rings. The molecule has 2 aromatic heterocycles. The van der Waals surface area contributed by atoms with E-state index in [4.69, 9.17) is 0 Å². The van der Waals surface area contributed by atoms with Gasteiger partial charge in [-0.1, -0.05) is 0 Å². The van der Waals surface area contributed by atoms with Crippen LogP contribution in [0.2, 0.25) is 0 Å². The van der Waals surface area contributed by atoms with E-state index >= 15 is 0 Å². The van der Waals surface area contributed by atoms with E-state index in [0.717, 1.165) is 22.8 Å². The fraction of sp³-hybridized carbons (Fsp3) is 0.467. The second-order valence-electron chi connectivity index (χ2n) is 5.12. The van der Waals surface area contributed by atoms with Crippen LogP contribution >= 0.6 is 0 Å². The van der Waals surface area contributed by atoms with Crippen LogP contribution < -0.4 is 0 Å². The number of hydrogen-bond donors (Lipinski definition) is 0. The van der Waals surface area contributed by atoms with Gasteiger partial charge in [-0.05, 0) is 26.8 Å². The lowest BCUT2D eigenvalue weighted by atomic mass is 10.2. The van der Waals surface area contributed by atoms with Crippen LogP contribution in [-0.2, 0) is 20.6 Å². The van der Waals surface area contributed by atoms with Gasteiger partial charge in [0.05, 0.1) is 12.1 Å². The summed E-state index contributed by atoms with van der Waals surface area (Å²) in [6, 6.07) is 1.96. The molecule has 0 unspecified atom stereocenters. The van der Waals surface area contributed by atoms with Crippen LogP contribution in [0.5, 0.6) is 0 Å². The standard InChI is InChI=1S/C15H22N4O/c1-6-19(10-14-16-7-8-17(14)4)15(20)13-9-11(2)18(5)12(13)3/h7-9H,6,10H2,1-5H3. The highest BCUT2D eigenvalue weighted by Crippen LogP contribution is 2.16. The molecule has 0 aliphatic carbocycles. The molecule has 2 rings (SSSR count). The van der Waals surface area contributed by atoms with Gasteiger partial charge in [0.2, 0.25) is 0 Å². The fourth-order valence-corrected chi connectivity index (χ4v) is 2.29. The Morgan fingerprint density at radius 2 is 2.05 bits per heavy atom. The molecule has 0 bridgehead atoms. The molecule has 0 radical (unpaired) electrons. The predicted octanol–water partition coefficient (Wildman–Crippen LogP) is 2.04. The number of amides is 1. The van der Waals surface area contributed by atoms with Gasteiger partial charge in [0, 0.05) is 44.4 Å². The Kier molecular flexibility index (Phi) is 3.97. The topological polar surface area (TPSA) is 43.1 Å². The van der Waals surface area contributed by atoms with E-state index in [-0.39, 0.29) is 5.91 Å². The van der Waals surface area contributed by atoms with E-state index in [1.54, 1.807) is 6.20 Å². The summed E-state index contributed by atoms with van der Waals surface area (Å²) < 4.78 is 3.99. The van der Waals surface area contributed by atoms with E-state index < -0.39 is 0 Å². The number of carbonyl (C=O) groups is 1. The van der Waals surface area contributed by atoms with Gasteiger partial charge in [0.1, 0.15) is 5.82 Å². The summed E-state index contributed by atoms with van der Waals surface area (Å²) in [5.41, 5.74) is 2.88. The summed E-state index contributed by atoms with van der Waals surface area (Å²) in [6.07, 6.45) is 3.65. The molecule has 0 aliphatic rings. The number of rotatable bonds is 4. The first-order valence-electron chi connectivity index (χ1n) is 6.84. The van der Waals surface area contributed by atoms with Gasteiger partial charge in [-0.15, -0.1) is 0 Å². The summed E-state index contributed by atoms with van der Waals surface area (Å²) in [7, 11) is 3.93. The first kappa shape index (κ1) is 14.4. The molecule has 5 nitrogen and oxygen atoms in total. The highest BCUT2D eigenvalue weighted by molar-refractivity contribution is 5.95. The highest BCUT2D eigenvalue weighted by atomic mass is 16.2. The Morgan fingerprint density at radius 3 is 2.50 bits per heavy atom. The zero-order chi connectivity index (χ0) is 14.9. The third kappa shape index (κ3) is 2.48. The molecule has 0 saturated heterocycles. The number of aromatic nitrogens is 3. The highest BCUT2D eigenvalue weighted by Gasteiger charge is 2.20. The molecule has 20 heavy (non-hydrogen) atoms. The molecule has 2 heterocycles. The maximum absolute atomic E-state index is 12.7. The van der Waals surface area contributed by atoms with Crippen molar-refractivity contribution in [1.82, 2.24) is 19.0 Å². The van der Waals surface area contributed by atoms with Crippen molar-refractivity contribution < 1.29 is 4.79 Å². The summed E-state index contributed by atoms with van der Waals surface area (Å²) >= 11 is 0. The van der Waals surface area contributed by atoms with Crippen LogP contribution in [0.1, 0.15) is 34.5 Å². The lowest BCUT2D eigenvalue weighted by molar-refractivity contribution is 0.0746. The van der Waals surface area contributed by atoms with Gasteiger partial charge in [0.15, 0.2) is 0 Å². The molecule has 0 N–H and O–H groups in total. The Morgan fingerprint density at radius 1 is 1.35 bits per heavy atom. The van der Waals surface area contributed by atoms with E-state index in [9.17, 15) is 4.79 Å². The maximum Gasteiger partial charge on any atom is 0.256 e. The SMILES string of the molecule is CCN(Cc1nccn1C)C(=O)c1cc(C)n(C)c1C. The zero-order valence-corrected chi connectivity index (χ0v) is 12.8. The third-order valence-electron chi connectivity index (χ3n) is 3.93. The van der Waals surface area contributed by atoms with Crippen molar-refractivity contribution >= 4 is 5.91 Å². The minimum absolute atomic E-state index is 0.0664. The molecule has 108 valence electrons. The van der Waals surface area contributed by atoms with Crippen molar-refractivity contribution in [3.8, 4) is 0 Å². The fourth-order valence-electron chi connectivity index (χ4n) is 2.29. The van der Waals surface area contributed by atoms with Gasteiger partial charge in [-0.25, -0.2) is 4.98 Å². The lowest BCUT2D eigenvalue weighted by Gasteiger charge is -2.20. The van der Waals surface area contributed by atoms with E-state index in [1.807, 2.05) is 61.2 Å². The minimum atomic E-state index is 0.0664. The largest absolute Gasteiger partial charge is 0.351 e. The van der Waals surface area contributed by atoms with E-state index in [2.05, 4.69) is 4.98 Å². The van der Waals surface area contributed by atoms with Gasteiger partial charge in [0.25, 0.3) is 5.91 Å². The Bertz CT molecular complexity index is 624. The van der Waals surface area contributed by atoms with E-state index in [1.165, 1.54) is 0 Å². The maximum atomic E-state index is 12.7. The Hall–Kier alpha value is -2.04. The average molecular weight is 274 g/mol. The molecule has 0 fully saturated rings. The van der Waals surface area contributed by atoms with Crippen molar-refractivity contribution in [1.29, 1.82) is 0 Å². The second-order valence-corrected chi connectivity index (χ2v) is 5.12. The minimum Gasteiger partial charge on any atom is -0.351 e. The summed E-state index contributed by atoms with van der Waals surface area (Å²) in [5.74, 6) is 0.960. The van der Waals surface area contributed by atoms with Gasteiger partial charge in [-0.3, -0.25) is 4.79 Å². The van der Waals surface area contributed by atoms with Crippen LogP contribution in [0.25, 0.3) is 0 Å². The molecule has 0 aliphatic heterocycles. The van der Waals surface area contributed by atoms with Crippen molar-refractivity contribution in [3.63, 3.8) is 0 Å². The van der Waals surface area contributed by atoms with Crippen molar-refractivity contribution in [2.75, 3.05) is 6.54 Å². The van der Waals surface area contributed by atoms with E-state index in [0.29, 0.717) is 13.1 Å². The zero-order valence-electron chi connectivity index (χ0n) is 12.8. The molecule has 0 atom stereocenters. The normalized spacial score (nSPS) is 10.8. The van der Waals surface area contributed by atoms with Gasteiger partial charge < -0.3 is 14.0 Å². The average Bonchev–Trinajstić information content (AvgIpc) is 2.94. The molecular weight excluding hydrogens is 252 g/mol. The first-order chi connectivity index (χ1) is 9.45. The molecular formula is C15H22N4O. The van der Waals surface area contributed by atoms with Crippen molar-refractivity contribution in [2.24, 2.45) is 14.1 Å². The molecule has 0 spiro atoms. The Balaban J connectivity index is 2.25. The summed E-state index contributed by atoms with van der Waals surface area (Å²) in [5, 5.41) is 0. The van der Waals surface area contributed by atoms with Crippen molar-refractivity contribution in [2.45, 2.75) is 27.3 Å². The predicted molar refractivity (Wildman–Crippen MR) is 78.5 cm³/mol. The van der Waals surface area contributed by atoms with Gasteiger partial charge in [-0.2, -0.15) is 0 Å². The number of carbonyl (C=O) groups excluding carboxylic acids is 1. The summed E-state index contributed by atoms with van der Waals surface area (Å²) in [4.78, 5) is 18.8. The quantitative estimate of drug-likeness (QED) is 0.856. The van der Waals surface area contributed by atoms with Crippen LogP contribution in [0.15, 0.2) is 18.5 Å². The number of hydrogen-bond acceptors (Lipinski definition) is 2. The van der Waals surface area contributed by atoms with Crippen LogP contribution in [0.3, 0.4) is 0 Å². The first-order valence-corrected chi connectivity index (χ1v) is 6.84. The molecule has 1 amide bonds. The Labute approximate surface area is 119 Å². The number of imidazole rings is 1. The summed E-state index contributed by atoms with van der Waals surface area (Å²) in [6.45, 7) is 7.19.